The quantitative estimate of drug-likeness (QED) is 0.729. The lowest BCUT2D eigenvalue weighted by atomic mass is 9.93. The molecule has 1 aliphatic rings. The second-order valence-electron chi connectivity index (χ2n) is 6.72. The number of hydrogen-bond acceptors (Lipinski definition) is 4. The molecule has 2 atom stereocenters. The predicted molar refractivity (Wildman–Crippen MR) is 98.5 cm³/mol. The number of aliphatic carboxylic acids is 1. The average Bonchev–Trinajstić information content (AvgIpc) is 2.98. The predicted octanol–water partition coefficient (Wildman–Crippen LogP) is 3.79. The number of carboxylic acid groups (broad SMARTS) is 1. The van der Waals surface area contributed by atoms with Gasteiger partial charge in [0.15, 0.2) is 0 Å². The van der Waals surface area contributed by atoms with Crippen LogP contribution in [-0.4, -0.2) is 31.2 Å². The van der Waals surface area contributed by atoms with E-state index in [-0.39, 0.29) is 21.6 Å². The Kier molecular flexibility index (Phi) is 4.93. The third kappa shape index (κ3) is 3.71. The van der Waals surface area contributed by atoms with Gasteiger partial charge in [0.1, 0.15) is 9.75 Å². The Morgan fingerprint density at radius 1 is 1.21 bits per heavy atom. The molecule has 0 saturated heterocycles. The smallest absolute Gasteiger partial charge is 0.409 e. The number of alkyl halides is 3. The summed E-state index contributed by atoms with van der Waals surface area (Å²) in [5.74, 6) is -1.31. The van der Waals surface area contributed by atoms with Crippen molar-refractivity contribution in [2.24, 2.45) is 0 Å². The van der Waals surface area contributed by atoms with E-state index in [2.05, 4.69) is 4.72 Å². The maximum atomic E-state index is 12.7. The zero-order valence-corrected chi connectivity index (χ0v) is 16.2. The van der Waals surface area contributed by atoms with Crippen LogP contribution in [0.15, 0.2) is 52.7 Å². The van der Waals surface area contributed by atoms with Crippen molar-refractivity contribution in [3.05, 3.63) is 59.0 Å². The minimum atomic E-state index is -4.51. The summed E-state index contributed by atoms with van der Waals surface area (Å²) < 4.78 is 64.3. The molecule has 1 saturated carbocycles. The van der Waals surface area contributed by atoms with Crippen LogP contribution in [0, 0.1) is 0 Å². The topological polar surface area (TPSA) is 83.5 Å². The lowest BCUT2D eigenvalue weighted by Crippen LogP contribution is -2.47. The van der Waals surface area contributed by atoms with Crippen molar-refractivity contribution in [3.63, 3.8) is 0 Å². The van der Waals surface area contributed by atoms with Crippen molar-refractivity contribution in [2.45, 2.75) is 34.7 Å². The molecule has 5 nitrogen and oxygen atoms in total. The molecule has 3 rings (SSSR count). The van der Waals surface area contributed by atoms with E-state index in [0.717, 1.165) is 12.1 Å². The molecule has 1 fully saturated rings. The van der Waals surface area contributed by atoms with Crippen LogP contribution in [-0.2, 0) is 20.2 Å². The highest BCUT2D eigenvalue weighted by Crippen LogP contribution is 2.58. The molecule has 10 heteroatoms. The Bertz CT molecular complexity index is 1030. The third-order valence-electron chi connectivity index (χ3n) is 4.82. The zero-order chi connectivity index (χ0) is 20.8. The third-order valence-corrected chi connectivity index (χ3v) is 7.86. The van der Waals surface area contributed by atoms with Gasteiger partial charge in [0.2, 0.25) is 0 Å². The Balaban J connectivity index is 1.88. The highest BCUT2D eigenvalue weighted by Gasteiger charge is 2.72. The van der Waals surface area contributed by atoms with E-state index < -0.39 is 33.1 Å². The summed E-state index contributed by atoms with van der Waals surface area (Å²) in [6, 6.07) is 11.1. The van der Waals surface area contributed by atoms with E-state index >= 15 is 0 Å². The van der Waals surface area contributed by atoms with Crippen molar-refractivity contribution in [1.29, 1.82) is 0 Å². The molecule has 0 unspecified atom stereocenters. The standard InChI is InChI=1S/C18H16F3NO4S2/c1-16(12-5-3-2-4-6-12)11-17(16,15(23)24)22-28(25,26)14-8-7-13(27-14)9-10-18(19,20)21/h2-10,22H,11H2,1H3,(H,23,24)/t16-,17-/m1/s1. The van der Waals surface area contributed by atoms with Gasteiger partial charge < -0.3 is 5.11 Å². The van der Waals surface area contributed by atoms with Gasteiger partial charge >= 0.3 is 12.1 Å². The van der Waals surface area contributed by atoms with Crippen LogP contribution in [0.5, 0.6) is 0 Å². The number of halogens is 3. The Morgan fingerprint density at radius 2 is 1.86 bits per heavy atom. The molecule has 0 radical (unpaired) electrons. The molecule has 1 aromatic heterocycles. The molecule has 28 heavy (non-hydrogen) atoms. The second kappa shape index (κ2) is 6.71. The van der Waals surface area contributed by atoms with E-state index in [1.165, 1.54) is 6.07 Å². The average molecular weight is 431 g/mol. The van der Waals surface area contributed by atoms with Crippen LogP contribution in [0.25, 0.3) is 6.08 Å². The second-order valence-corrected chi connectivity index (χ2v) is 9.75. The van der Waals surface area contributed by atoms with E-state index in [1.807, 2.05) is 0 Å². The van der Waals surface area contributed by atoms with Gasteiger partial charge in [-0.05, 0) is 30.2 Å². The molecule has 1 aliphatic carbocycles. The fourth-order valence-electron chi connectivity index (χ4n) is 3.17. The number of allylic oxidation sites excluding steroid dienone is 1. The normalized spacial score (nSPS) is 25.1. The zero-order valence-electron chi connectivity index (χ0n) is 14.5. The first-order chi connectivity index (χ1) is 12.9. The number of sulfonamides is 1. The van der Waals surface area contributed by atoms with Gasteiger partial charge in [0.25, 0.3) is 10.0 Å². The molecule has 1 heterocycles. The van der Waals surface area contributed by atoms with E-state index in [1.54, 1.807) is 37.3 Å². The molecular formula is C18H16F3NO4S2. The van der Waals surface area contributed by atoms with Crippen LogP contribution in [0.1, 0.15) is 23.8 Å². The lowest BCUT2D eigenvalue weighted by molar-refractivity contribution is -0.140. The number of carboxylic acids is 1. The van der Waals surface area contributed by atoms with Gasteiger partial charge in [0.05, 0.1) is 0 Å². The van der Waals surface area contributed by atoms with Crippen LogP contribution in [0.4, 0.5) is 13.2 Å². The van der Waals surface area contributed by atoms with Gasteiger partial charge in [-0.3, -0.25) is 4.79 Å². The summed E-state index contributed by atoms with van der Waals surface area (Å²) in [6.07, 6.45) is -3.68. The first-order valence-electron chi connectivity index (χ1n) is 8.08. The number of rotatable bonds is 6. The van der Waals surface area contributed by atoms with E-state index in [0.29, 0.717) is 16.9 Å². The van der Waals surface area contributed by atoms with E-state index in [4.69, 9.17) is 0 Å². The minimum absolute atomic E-state index is 0.00869. The molecule has 1 aromatic carbocycles. The fourth-order valence-corrected chi connectivity index (χ4v) is 5.85. The summed E-state index contributed by atoms with van der Waals surface area (Å²) in [5.41, 5.74) is -1.98. The molecule has 0 aliphatic heterocycles. The van der Waals surface area contributed by atoms with Gasteiger partial charge in [-0.25, -0.2) is 8.42 Å². The molecule has 0 amide bonds. The van der Waals surface area contributed by atoms with Crippen LogP contribution < -0.4 is 4.72 Å². The molecule has 2 aromatic rings. The monoisotopic (exact) mass is 431 g/mol. The fraction of sp³-hybridized carbons (Fsp3) is 0.278. The molecule has 150 valence electrons. The minimum Gasteiger partial charge on any atom is -0.480 e. The molecule has 0 bridgehead atoms. The first kappa shape index (κ1) is 20.6. The number of thiophene rings is 1. The number of benzene rings is 1. The number of hydrogen-bond donors (Lipinski definition) is 2. The molecule has 2 N–H and O–H groups in total. The largest absolute Gasteiger partial charge is 0.480 e. The van der Waals surface area contributed by atoms with Crippen molar-refractivity contribution >= 4 is 33.4 Å². The van der Waals surface area contributed by atoms with Crippen molar-refractivity contribution in [2.75, 3.05) is 0 Å². The van der Waals surface area contributed by atoms with Crippen molar-refractivity contribution in [3.8, 4) is 0 Å². The van der Waals surface area contributed by atoms with Crippen LogP contribution in [0.3, 0.4) is 0 Å². The summed E-state index contributed by atoms with van der Waals surface area (Å²) >= 11 is 0.626. The number of carbonyl (C=O) groups is 1. The highest BCUT2D eigenvalue weighted by atomic mass is 32.2. The Morgan fingerprint density at radius 3 is 2.43 bits per heavy atom. The first-order valence-corrected chi connectivity index (χ1v) is 10.4. The number of nitrogens with one attached hydrogen (secondary N) is 1. The maximum Gasteiger partial charge on any atom is 0.409 e. The van der Waals surface area contributed by atoms with Gasteiger partial charge in [-0.15, -0.1) is 11.3 Å². The maximum absolute atomic E-state index is 12.7. The molecular weight excluding hydrogens is 415 g/mol. The van der Waals surface area contributed by atoms with Crippen molar-refractivity contribution in [1.82, 2.24) is 4.72 Å². The van der Waals surface area contributed by atoms with Crippen LogP contribution in [0.2, 0.25) is 0 Å². The molecule has 0 spiro atoms. The SMILES string of the molecule is C[C@]1(c2ccccc2)C[C@@]1(NS(=O)(=O)c1ccc(C=CC(F)(F)F)s1)C(=O)O. The van der Waals surface area contributed by atoms with Gasteiger partial charge in [-0.2, -0.15) is 17.9 Å². The summed E-state index contributed by atoms with van der Waals surface area (Å²) in [7, 11) is -4.24. The Labute approximate surface area is 163 Å². The highest BCUT2D eigenvalue weighted by molar-refractivity contribution is 7.91. The Hall–Kier alpha value is -2.17. The van der Waals surface area contributed by atoms with Crippen LogP contribution >= 0.6 is 11.3 Å². The van der Waals surface area contributed by atoms with Gasteiger partial charge in [-0.1, -0.05) is 37.3 Å². The van der Waals surface area contributed by atoms with E-state index in [9.17, 15) is 31.5 Å². The lowest BCUT2D eigenvalue weighted by Gasteiger charge is -2.20. The van der Waals surface area contributed by atoms with Crippen molar-refractivity contribution < 1.29 is 31.5 Å². The summed E-state index contributed by atoms with van der Waals surface area (Å²) in [6.45, 7) is 1.66. The summed E-state index contributed by atoms with van der Waals surface area (Å²) in [5, 5.41) is 9.73. The summed E-state index contributed by atoms with van der Waals surface area (Å²) in [4.78, 5) is 12.0. The van der Waals surface area contributed by atoms with Gasteiger partial charge in [0, 0.05) is 16.4 Å².